The minimum atomic E-state index is -3.80. The quantitative estimate of drug-likeness (QED) is 0.424. The van der Waals surface area contributed by atoms with Gasteiger partial charge in [0.1, 0.15) is 17.3 Å². The number of aromatic nitrogens is 4. The Labute approximate surface area is 200 Å². The molecule has 2 N–H and O–H groups in total. The Morgan fingerprint density at radius 3 is 2.29 bits per heavy atom. The van der Waals surface area contributed by atoms with E-state index in [4.69, 9.17) is 5.14 Å². The van der Waals surface area contributed by atoms with Gasteiger partial charge in [-0.3, -0.25) is 9.36 Å². The molecular formula is C23H20N8O3S. The van der Waals surface area contributed by atoms with Gasteiger partial charge in [-0.15, -0.1) is 5.11 Å². The summed E-state index contributed by atoms with van der Waals surface area (Å²) in [4.78, 5) is 17.5. The van der Waals surface area contributed by atoms with Crippen molar-refractivity contribution < 1.29 is 8.42 Å². The van der Waals surface area contributed by atoms with Crippen LogP contribution in [0.15, 0.2) is 74.5 Å². The zero-order valence-corrected chi connectivity index (χ0v) is 19.9. The maximum absolute atomic E-state index is 13.0. The van der Waals surface area contributed by atoms with Crippen molar-refractivity contribution >= 4 is 21.4 Å². The van der Waals surface area contributed by atoms with Gasteiger partial charge in [-0.25, -0.2) is 23.2 Å². The number of hydrogen-bond donors (Lipinski definition) is 1. The summed E-state index contributed by atoms with van der Waals surface area (Å²) in [6, 6.07) is 16.6. The van der Waals surface area contributed by atoms with E-state index in [0.717, 1.165) is 0 Å². The van der Waals surface area contributed by atoms with Gasteiger partial charge in [0, 0.05) is 12.6 Å². The van der Waals surface area contributed by atoms with Crippen LogP contribution in [0.25, 0.3) is 17.2 Å². The predicted octanol–water partition coefficient (Wildman–Crippen LogP) is 3.18. The molecule has 0 unspecified atom stereocenters. The third kappa shape index (κ3) is 4.50. The van der Waals surface area contributed by atoms with Gasteiger partial charge < -0.3 is 0 Å². The normalized spacial score (nSPS) is 11.6. The number of nitriles is 1. The highest BCUT2D eigenvalue weighted by atomic mass is 32.2. The Hall–Kier alpha value is -4.47. The summed E-state index contributed by atoms with van der Waals surface area (Å²) < 4.78 is 25.6. The minimum Gasteiger partial charge on any atom is -0.279 e. The van der Waals surface area contributed by atoms with Crippen LogP contribution in [0.5, 0.6) is 0 Å². The molecule has 0 aliphatic heterocycles. The van der Waals surface area contributed by atoms with E-state index in [2.05, 4.69) is 20.3 Å². The van der Waals surface area contributed by atoms with Crippen LogP contribution in [0.1, 0.15) is 17.0 Å². The number of rotatable bonds is 5. The molecule has 0 aliphatic rings. The lowest BCUT2D eigenvalue weighted by Crippen LogP contribution is -2.27. The molecule has 11 nitrogen and oxygen atoms in total. The topological polar surface area (TPSA) is 161 Å². The molecule has 2 aromatic heterocycles. The number of sulfonamides is 1. The maximum atomic E-state index is 13.0. The van der Waals surface area contributed by atoms with Gasteiger partial charge in [0.25, 0.3) is 5.56 Å². The van der Waals surface area contributed by atoms with Gasteiger partial charge in [-0.2, -0.15) is 15.5 Å². The second-order valence-corrected chi connectivity index (χ2v) is 9.21. The van der Waals surface area contributed by atoms with Crippen LogP contribution < -0.4 is 10.7 Å². The zero-order chi connectivity index (χ0) is 25.3. The van der Waals surface area contributed by atoms with Gasteiger partial charge in [0.05, 0.1) is 27.7 Å². The SMILES string of the molecule is Cc1nn(-c2nc(-c3ccccc3)c(C#N)c(=O)n2C)c(C)c1N=Nc1ccc(S(N)(=O)=O)cc1. The maximum Gasteiger partial charge on any atom is 0.273 e. The molecule has 176 valence electrons. The van der Waals surface area contributed by atoms with E-state index in [-0.39, 0.29) is 22.1 Å². The highest BCUT2D eigenvalue weighted by molar-refractivity contribution is 7.89. The van der Waals surface area contributed by atoms with Gasteiger partial charge in [-0.05, 0) is 38.1 Å². The number of nitrogens with zero attached hydrogens (tertiary/aromatic N) is 7. The molecule has 4 rings (SSSR count). The first-order chi connectivity index (χ1) is 16.6. The highest BCUT2D eigenvalue weighted by Crippen LogP contribution is 2.28. The number of aryl methyl sites for hydroxylation is 1. The van der Waals surface area contributed by atoms with Crippen molar-refractivity contribution in [2.24, 2.45) is 22.4 Å². The Morgan fingerprint density at radius 1 is 1.03 bits per heavy atom. The smallest absolute Gasteiger partial charge is 0.273 e. The number of benzene rings is 2. The van der Waals surface area contributed by atoms with Crippen molar-refractivity contribution in [2.75, 3.05) is 0 Å². The molecule has 0 radical (unpaired) electrons. The average Bonchev–Trinajstić information content (AvgIpc) is 3.12. The lowest BCUT2D eigenvalue weighted by atomic mass is 10.1. The molecule has 12 heteroatoms. The lowest BCUT2D eigenvalue weighted by Gasteiger charge is -2.12. The van der Waals surface area contributed by atoms with Gasteiger partial charge in [0.2, 0.25) is 16.0 Å². The molecular weight excluding hydrogens is 468 g/mol. The number of azo groups is 1. The van der Waals surface area contributed by atoms with E-state index in [0.29, 0.717) is 28.3 Å². The van der Waals surface area contributed by atoms with E-state index in [1.165, 1.54) is 40.6 Å². The molecule has 35 heavy (non-hydrogen) atoms. The third-order valence-electron chi connectivity index (χ3n) is 5.30. The summed E-state index contributed by atoms with van der Waals surface area (Å²) in [6.45, 7) is 3.49. The van der Waals surface area contributed by atoms with Crippen molar-refractivity contribution in [1.29, 1.82) is 5.26 Å². The molecule has 4 aromatic rings. The van der Waals surface area contributed by atoms with Crippen molar-refractivity contribution in [2.45, 2.75) is 18.7 Å². The molecule has 0 amide bonds. The number of hydrogen-bond acceptors (Lipinski definition) is 8. The van der Waals surface area contributed by atoms with Gasteiger partial charge in [0.15, 0.2) is 0 Å². The van der Waals surface area contributed by atoms with E-state index in [1.54, 1.807) is 38.1 Å². The molecule has 2 heterocycles. The van der Waals surface area contributed by atoms with Crippen molar-refractivity contribution in [1.82, 2.24) is 19.3 Å². The van der Waals surface area contributed by atoms with E-state index in [1.807, 2.05) is 12.1 Å². The van der Waals surface area contributed by atoms with Crippen LogP contribution in [-0.4, -0.2) is 27.7 Å². The summed E-state index contributed by atoms with van der Waals surface area (Å²) >= 11 is 0. The fourth-order valence-electron chi connectivity index (χ4n) is 3.47. The van der Waals surface area contributed by atoms with Gasteiger partial charge >= 0.3 is 0 Å². The second-order valence-electron chi connectivity index (χ2n) is 7.65. The Balaban J connectivity index is 1.79. The van der Waals surface area contributed by atoms with Crippen LogP contribution >= 0.6 is 0 Å². The molecule has 0 atom stereocenters. The molecule has 0 saturated carbocycles. The van der Waals surface area contributed by atoms with Crippen LogP contribution in [0.3, 0.4) is 0 Å². The van der Waals surface area contributed by atoms with Crippen LogP contribution in [-0.2, 0) is 17.1 Å². The van der Waals surface area contributed by atoms with E-state index in [9.17, 15) is 18.5 Å². The number of primary sulfonamides is 1. The highest BCUT2D eigenvalue weighted by Gasteiger charge is 2.21. The average molecular weight is 489 g/mol. The fraction of sp³-hybridized carbons (Fsp3) is 0.130. The summed E-state index contributed by atoms with van der Waals surface area (Å²) in [7, 11) is -2.29. The second kappa shape index (κ2) is 9.05. The molecule has 0 bridgehead atoms. The molecule has 0 fully saturated rings. The monoisotopic (exact) mass is 488 g/mol. The predicted molar refractivity (Wildman–Crippen MR) is 128 cm³/mol. The van der Waals surface area contributed by atoms with E-state index >= 15 is 0 Å². The van der Waals surface area contributed by atoms with Crippen molar-refractivity contribution in [3.05, 3.63) is 81.9 Å². The van der Waals surface area contributed by atoms with Crippen LogP contribution in [0.4, 0.5) is 11.4 Å². The lowest BCUT2D eigenvalue weighted by molar-refractivity contribution is 0.598. The Morgan fingerprint density at radius 2 is 1.69 bits per heavy atom. The first kappa shape index (κ1) is 23.7. The number of nitrogens with two attached hydrogens (primary N) is 1. The molecule has 0 spiro atoms. The Kier molecular flexibility index (Phi) is 6.12. The minimum absolute atomic E-state index is 0.0290. The largest absolute Gasteiger partial charge is 0.279 e. The third-order valence-corrected chi connectivity index (χ3v) is 6.23. The zero-order valence-electron chi connectivity index (χ0n) is 19.0. The van der Waals surface area contributed by atoms with Crippen LogP contribution in [0.2, 0.25) is 0 Å². The molecule has 2 aromatic carbocycles. The Bertz CT molecular complexity index is 1660. The molecule has 0 aliphatic carbocycles. The summed E-state index contributed by atoms with van der Waals surface area (Å²) in [5.41, 5.74) is 2.31. The first-order valence-corrected chi connectivity index (χ1v) is 11.8. The first-order valence-electron chi connectivity index (χ1n) is 10.3. The standard InChI is InChI=1S/C23H20N8O3S/c1-14-20(28-27-17-9-11-18(12-10-17)35(25,33)34)15(2)31(29-14)23-26-21(16-7-5-4-6-8-16)19(13-24)22(32)30(23)3/h4-12H,1-3H3,(H2,25,33,34). The summed E-state index contributed by atoms with van der Waals surface area (Å²) in [6.07, 6.45) is 0. The van der Waals surface area contributed by atoms with Crippen LogP contribution in [0, 0.1) is 25.2 Å². The van der Waals surface area contributed by atoms with Crippen molar-refractivity contribution in [3.8, 4) is 23.3 Å². The summed E-state index contributed by atoms with van der Waals surface area (Å²) in [5.74, 6) is 0.215. The van der Waals surface area contributed by atoms with Crippen molar-refractivity contribution in [3.63, 3.8) is 0 Å². The van der Waals surface area contributed by atoms with E-state index < -0.39 is 15.6 Å². The molecule has 0 saturated heterocycles. The summed E-state index contributed by atoms with van der Waals surface area (Å²) in [5, 5.41) is 27.6. The van der Waals surface area contributed by atoms with Gasteiger partial charge in [-0.1, -0.05) is 30.3 Å². The fourth-order valence-corrected chi connectivity index (χ4v) is 3.99.